The van der Waals surface area contributed by atoms with E-state index in [9.17, 15) is 19.8 Å². The largest absolute Gasteiger partial charge is 0.466 e. The van der Waals surface area contributed by atoms with E-state index in [0.29, 0.717) is 25.9 Å². The first-order chi connectivity index (χ1) is 38.0. The van der Waals surface area contributed by atoms with Gasteiger partial charge in [0.2, 0.25) is 5.91 Å². The van der Waals surface area contributed by atoms with Gasteiger partial charge in [-0.2, -0.15) is 0 Å². The number of carbonyl (C=O) groups is 2. The predicted molar refractivity (Wildman–Crippen MR) is 338 cm³/mol. The van der Waals surface area contributed by atoms with Crippen LogP contribution in [0.5, 0.6) is 0 Å². The van der Waals surface area contributed by atoms with Gasteiger partial charge in [0.05, 0.1) is 25.4 Å². The third-order valence-electron chi connectivity index (χ3n) is 16.2. The van der Waals surface area contributed by atoms with Gasteiger partial charge < -0.3 is 20.3 Å². The van der Waals surface area contributed by atoms with Crippen LogP contribution in [0.2, 0.25) is 0 Å². The minimum absolute atomic E-state index is 0.00277. The summed E-state index contributed by atoms with van der Waals surface area (Å²) in [4.78, 5) is 24.6. The lowest BCUT2D eigenvalue weighted by atomic mass is 10.0. The zero-order chi connectivity index (χ0) is 55.7. The highest BCUT2D eigenvalue weighted by molar-refractivity contribution is 5.76. The highest BCUT2D eigenvalue weighted by atomic mass is 16.5. The number of esters is 1. The summed E-state index contributed by atoms with van der Waals surface area (Å²) in [6.07, 6.45) is 84.7. The van der Waals surface area contributed by atoms with Crippen LogP contribution >= 0.6 is 0 Å². The van der Waals surface area contributed by atoms with Crippen molar-refractivity contribution in [1.82, 2.24) is 5.32 Å². The molecule has 1 amide bonds. The molecule has 0 aliphatic rings. The fraction of sp³-hybridized carbons (Fsp3) is 0.887. The van der Waals surface area contributed by atoms with Gasteiger partial charge in [0.1, 0.15) is 0 Å². The molecule has 0 radical (unpaired) electrons. The lowest BCUT2D eigenvalue weighted by Crippen LogP contribution is -2.45. The van der Waals surface area contributed by atoms with Crippen LogP contribution in [-0.4, -0.2) is 47.4 Å². The first-order valence-corrected chi connectivity index (χ1v) is 34.7. The van der Waals surface area contributed by atoms with Crippen LogP contribution in [0.15, 0.2) is 36.5 Å². The van der Waals surface area contributed by atoms with Gasteiger partial charge in [-0.15, -0.1) is 0 Å². The first-order valence-electron chi connectivity index (χ1n) is 34.7. The maximum Gasteiger partial charge on any atom is 0.305 e. The number of carbonyl (C=O) groups excluding carboxylic acids is 2. The molecule has 0 saturated carbocycles. The van der Waals surface area contributed by atoms with E-state index in [4.69, 9.17) is 4.74 Å². The summed E-state index contributed by atoms with van der Waals surface area (Å²) in [6.45, 7) is 4.95. The van der Waals surface area contributed by atoms with Crippen LogP contribution in [-0.2, 0) is 14.3 Å². The molecule has 6 nitrogen and oxygen atoms in total. The molecule has 0 heterocycles. The van der Waals surface area contributed by atoms with E-state index < -0.39 is 12.1 Å². The molecule has 0 aromatic rings. The Balaban J connectivity index is 3.37. The second-order valence-corrected chi connectivity index (χ2v) is 23.9. The van der Waals surface area contributed by atoms with E-state index in [1.54, 1.807) is 0 Å². The quantitative estimate of drug-likeness (QED) is 0.0320. The van der Waals surface area contributed by atoms with Gasteiger partial charge in [-0.25, -0.2) is 0 Å². The zero-order valence-corrected chi connectivity index (χ0v) is 52.0. The summed E-state index contributed by atoms with van der Waals surface area (Å²) in [5.74, 6) is -0.0287. The molecule has 0 aromatic heterocycles. The van der Waals surface area contributed by atoms with E-state index in [1.165, 1.54) is 295 Å². The third kappa shape index (κ3) is 63.1. The Bertz CT molecular complexity index is 1250. The Kier molecular flexibility index (Phi) is 64.9. The molecule has 6 heteroatoms. The molecule has 0 aliphatic heterocycles. The summed E-state index contributed by atoms with van der Waals surface area (Å²) in [7, 11) is 0. The van der Waals surface area contributed by atoms with Crippen molar-refractivity contribution in [1.29, 1.82) is 0 Å². The van der Waals surface area contributed by atoms with Crippen LogP contribution < -0.4 is 5.32 Å². The summed E-state index contributed by atoms with van der Waals surface area (Å²) in [6, 6.07) is -0.541. The Morgan fingerprint density at radius 3 is 1.03 bits per heavy atom. The number of rotatable bonds is 65. The van der Waals surface area contributed by atoms with Gasteiger partial charge in [-0.05, 0) is 83.5 Å². The highest BCUT2D eigenvalue weighted by Gasteiger charge is 2.20. The number of aliphatic hydroxyl groups is 2. The molecule has 2 atom stereocenters. The molecule has 0 aliphatic carbocycles. The number of aliphatic hydroxyl groups excluding tert-OH is 2. The van der Waals surface area contributed by atoms with Crippen molar-refractivity contribution in [3.05, 3.63) is 36.5 Å². The molecule has 77 heavy (non-hydrogen) atoms. The normalized spacial score (nSPS) is 12.7. The number of hydrogen-bond donors (Lipinski definition) is 3. The molecule has 454 valence electrons. The van der Waals surface area contributed by atoms with Crippen LogP contribution in [0.4, 0.5) is 0 Å². The lowest BCUT2D eigenvalue weighted by molar-refractivity contribution is -0.143. The number of allylic oxidation sites excluding steroid dienone is 6. The fourth-order valence-electron chi connectivity index (χ4n) is 10.8. The summed E-state index contributed by atoms with van der Waals surface area (Å²) >= 11 is 0. The molecule has 0 spiro atoms. The van der Waals surface area contributed by atoms with E-state index in [0.717, 1.165) is 51.4 Å². The standard InChI is InChI=1S/C71H135NO5/c1-3-5-7-9-11-13-15-17-19-36-39-43-47-51-55-59-63-69(74)68(67-73)72-70(75)64-60-56-52-48-44-40-37-33-31-29-27-25-23-21-20-22-24-26-28-30-32-34-38-42-46-50-54-58-62-66-77-71(76)65-61-57-53-49-45-41-35-18-16-14-12-10-8-6-4-2/h12,14,18,20,22,35,68-69,73-74H,3-11,13,15-17,19,21,23-34,36-67H2,1-2H3,(H,72,75)/b14-12-,22-20-,35-18-. The SMILES string of the molecule is CCCCC/C=C\C/C=C\CCCCCCCC(=O)OCCCCCCCCCCCCCC/C=C\CCCCCCCCCCCCCCCC(=O)NC(CO)C(O)CCCCCCCCCCCCCCCCCC. The molecular weight excluding hydrogens is 947 g/mol. The maximum absolute atomic E-state index is 12.5. The van der Waals surface area contributed by atoms with Gasteiger partial charge in [0.15, 0.2) is 0 Å². The summed E-state index contributed by atoms with van der Waals surface area (Å²) < 4.78 is 5.48. The molecule has 2 unspecified atom stereocenters. The average Bonchev–Trinajstić information content (AvgIpc) is 3.43. The fourth-order valence-corrected chi connectivity index (χ4v) is 10.8. The average molecular weight is 1080 g/mol. The molecule has 0 fully saturated rings. The lowest BCUT2D eigenvalue weighted by Gasteiger charge is -2.22. The van der Waals surface area contributed by atoms with Crippen molar-refractivity contribution in [3.63, 3.8) is 0 Å². The third-order valence-corrected chi connectivity index (χ3v) is 16.2. The molecule has 0 aromatic carbocycles. The maximum atomic E-state index is 12.5. The number of nitrogens with one attached hydrogen (secondary N) is 1. The second-order valence-electron chi connectivity index (χ2n) is 23.9. The van der Waals surface area contributed by atoms with Gasteiger partial charge in [0, 0.05) is 12.8 Å². The molecule has 0 saturated heterocycles. The number of amides is 1. The van der Waals surface area contributed by atoms with Gasteiger partial charge >= 0.3 is 5.97 Å². The summed E-state index contributed by atoms with van der Waals surface area (Å²) in [5, 5.41) is 23.3. The van der Waals surface area contributed by atoms with E-state index in [-0.39, 0.29) is 18.5 Å². The number of unbranched alkanes of at least 4 members (excludes halogenated alkanes) is 48. The molecule has 0 bridgehead atoms. The van der Waals surface area contributed by atoms with Crippen LogP contribution in [0.1, 0.15) is 380 Å². The van der Waals surface area contributed by atoms with Crippen LogP contribution in [0, 0.1) is 0 Å². The van der Waals surface area contributed by atoms with Crippen molar-refractivity contribution in [2.75, 3.05) is 13.2 Å². The van der Waals surface area contributed by atoms with E-state index >= 15 is 0 Å². The van der Waals surface area contributed by atoms with E-state index in [2.05, 4.69) is 55.6 Å². The van der Waals surface area contributed by atoms with Crippen molar-refractivity contribution in [2.24, 2.45) is 0 Å². The number of hydrogen-bond acceptors (Lipinski definition) is 5. The molecular formula is C71H135NO5. The zero-order valence-electron chi connectivity index (χ0n) is 52.0. The van der Waals surface area contributed by atoms with Crippen molar-refractivity contribution >= 4 is 11.9 Å². The Morgan fingerprint density at radius 1 is 0.364 bits per heavy atom. The monoisotopic (exact) mass is 1080 g/mol. The van der Waals surface area contributed by atoms with Crippen molar-refractivity contribution in [3.8, 4) is 0 Å². The molecule has 3 N–H and O–H groups in total. The van der Waals surface area contributed by atoms with Crippen LogP contribution in [0.25, 0.3) is 0 Å². The van der Waals surface area contributed by atoms with Crippen molar-refractivity contribution < 1.29 is 24.5 Å². The Hall–Kier alpha value is -1.92. The highest BCUT2D eigenvalue weighted by Crippen LogP contribution is 2.18. The minimum atomic E-state index is -0.664. The smallest absolute Gasteiger partial charge is 0.305 e. The van der Waals surface area contributed by atoms with Gasteiger partial charge in [-0.3, -0.25) is 9.59 Å². The van der Waals surface area contributed by atoms with E-state index in [1.807, 2.05) is 0 Å². The van der Waals surface area contributed by atoms with Crippen LogP contribution in [0.3, 0.4) is 0 Å². The predicted octanol–water partition coefficient (Wildman–Crippen LogP) is 22.3. The Labute approximate surface area is 481 Å². The Morgan fingerprint density at radius 2 is 0.649 bits per heavy atom. The number of ether oxygens (including phenoxy) is 1. The first kappa shape index (κ1) is 75.1. The topological polar surface area (TPSA) is 95.9 Å². The second kappa shape index (κ2) is 66.6. The molecule has 0 rings (SSSR count). The van der Waals surface area contributed by atoms with Crippen molar-refractivity contribution in [2.45, 2.75) is 392 Å². The van der Waals surface area contributed by atoms with Gasteiger partial charge in [-0.1, -0.05) is 320 Å². The minimum Gasteiger partial charge on any atom is -0.466 e. The van der Waals surface area contributed by atoms with Gasteiger partial charge in [0.25, 0.3) is 0 Å². The summed E-state index contributed by atoms with van der Waals surface area (Å²) in [5.41, 5.74) is 0.